The zero-order valence-corrected chi connectivity index (χ0v) is 26.3. The Kier molecular flexibility index (Phi) is 10.6. The van der Waals surface area contributed by atoms with Gasteiger partial charge in [-0.3, -0.25) is 20.0 Å². The molecule has 0 unspecified atom stereocenters. The van der Waals surface area contributed by atoms with Crippen LogP contribution in [0.5, 0.6) is 11.5 Å². The Hall–Kier alpha value is -4.88. The Bertz CT molecular complexity index is 1520. The number of aromatic nitrogens is 1. The van der Waals surface area contributed by atoms with Crippen LogP contribution in [0.3, 0.4) is 0 Å². The molecule has 3 heterocycles. The van der Waals surface area contributed by atoms with E-state index in [9.17, 15) is 14.4 Å². The minimum atomic E-state index is -0.668. The van der Waals surface area contributed by atoms with E-state index in [-0.39, 0.29) is 25.1 Å². The van der Waals surface area contributed by atoms with E-state index in [1.54, 1.807) is 86.5 Å². The van der Waals surface area contributed by atoms with Crippen LogP contribution < -0.4 is 25.4 Å². The maximum atomic E-state index is 13.4. The first kappa shape index (κ1) is 32.5. The van der Waals surface area contributed by atoms with E-state index in [0.717, 1.165) is 31.6 Å². The smallest absolute Gasteiger partial charge is 0.412 e. The quantitative estimate of drug-likeness (QED) is 0.276. The normalized spacial score (nSPS) is 14.3. The number of benzene rings is 2. The molecule has 3 N–H and O–H groups in total. The molecule has 13 nitrogen and oxygen atoms in total. The highest BCUT2D eigenvalue weighted by atomic mass is 16.7. The van der Waals surface area contributed by atoms with Crippen LogP contribution in [-0.4, -0.2) is 84.6 Å². The topological polar surface area (TPSA) is 144 Å². The largest absolute Gasteiger partial charge is 0.454 e. The average molecular weight is 633 g/mol. The van der Waals surface area contributed by atoms with Crippen molar-refractivity contribution < 1.29 is 33.3 Å². The summed E-state index contributed by atoms with van der Waals surface area (Å²) in [6, 6.07) is 15.2. The third-order valence-electron chi connectivity index (χ3n) is 7.16. The molecule has 46 heavy (non-hydrogen) atoms. The standard InChI is InChI=1S/C33H40N6O7/c1-33(2,3)46-32(42)37-26-8-5-4-7-25(26)36-30(40)27-11-9-23(20-34-27)21-39(14-6-13-38-15-17-43-18-16-38)31(41)35-24-10-12-28-29(19-24)45-22-44-28/h4-5,7-12,19-20H,6,13-18,21-22H2,1-3H3,(H,35,41)(H,36,40)(H,37,42). The van der Waals surface area contributed by atoms with Crippen LogP contribution in [0.4, 0.5) is 26.7 Å². The summed E-state index contributed by atoms with van der Waals surface area (Å²) in [5.74, 6) is 0.768. The van der Waals surface area contributed by atoms with E-state index in [1.807, 2.05) is 0 Å². The molecule has 1 aromatic heterocycles. The Balaban J connectivity index is 1.22. The molecule has 244 valence electrons. The predicted molar refractivity (Wildman–Crippen MR) is 172 cm³/mol. The van der Waals surface area contributed by atoms with Crippen LogP contribution in [0.1, 0.15) is 43.2 Å². The Morgan fingerprint density at radius 2 is 1.67 bits per heavy atom. The van der Waals surface area contributed by atoms with E-state index in [4.69, 9.17) is 18.9 Å². The van der Waals surface area contributed by atoms with Crippen molar-refractivity contribution in [1.82, 2.24) is 14.8 Å². The predicted octanol–water partition coefficient (Wildman–Crippen LogP) is 5.17. The minimum absolute atomic E-state index is 0.150. The number of hydrogen-bond donors (Lipinski definition) is 3. The highest BCUT2D eigenvalue weighted by Gasteiger charge is 2.20. The molecule has 1 saturated heterocycles. The fourth-order valence-corrected chi connectivity index (χ4v) is 4.91. The Morgan fingerprint density at radius 3 is 2.39 bits per heavy atom. The number of rotatable bonds is 10. The molecule has 1 fully saturated rings. The highest BCUT2D eigenvalue weighted by Crippen LogP contribution is 2.34. The number of carbonyl (C=O) groups is 3. The van der Waals surface area contributed by atoms with Gasteiger partial charge in [0.25, 0.3) is 5.91 Å². The van der Waals surface area contributed by atoms with E-state index >= 15 is 0 Å². The summed E-state index contributed by atoms with van der Waals surface area (Å²) in [7, 11) is 0. The van der Waals surface area contributed by atoms with Crippen molar-refractivity contribution in [2.24, 2.45) is 0 Å². The van der Waals surface area contributed by atoms with Gasteiger partial charge in [-0.05, 0) is 63.1 Å². The van der Waals surface area contributed by atoms with Crippen molar-refractivity contribution in [3.8, 4) is 11.5 Å². The van der Waals surface area contributed by atoms with Gasteiger partial charge in [0.05, 0.1) is 24.6 Å². The summed E-state index contributed by atoms with van der Waals surface area (Å²) >= 11 is 0. The van der Waals surface area contributed by atoms with E-state index in [0.29, 0.717) is 48.3 Å². The zero-order chi connectivity index (χ0) is 32.5. The van der Waals surface area contributed by atoms with Gasteiger partial charge in [-0.2, -0.15) is 0 Å². The van der Waals surface area contributed by atoms with Gasteiger partial charge in [-0.1, -0.05) is 18.2 Å². The molecule has 0 spiro atoms. The molecular formula is C33H40N6O7. The third-order valence-corrected chi connectivity index (χ3v) is 7.16. The summed E-state index contributed by atoms with van der Waals surface area (Å²) in [4.78, 5) is 47.2. The molecule has 2 aliphatic rings. The van der Waals surface area contributed by atoms with Gasteiger partial charge in [0.1, 0.15) is 11.3 Å². The van der Waals surface area contributed by atoms with Gasteiger partial charge in [-0.15, -0.1) is 0 Å². The lowest BCUT2D eigenvalue weighted by molar-refractivity contribution is 0.0365. The molecule has 4 amide bonds. The number of ether oxygens (including phenoxy) is 4. The first-order valence-corrected chi connectivity index (χ1v) is 15.2. The number of fused-ring (bicyclic) bond motifs is 1. The van der Waals surface area contributed by atoms with Crippen molar-refractivity contribution in [2.45, 2.75) is 39.3 Å². The van der Waals surface area contributed by atoms with Gasteiger partial charge in [0.15, 0.2) is 11.5 Å². The number of hydrogen-bond acceptors (Lipinski definition) is 9. The fourth-order valence-electron chi connectivity index (χ4n) is 4.91. The van der Waals surface area contributed by atoms with Crippen molar-refractivity contribution in [2.75, 3.05) is 62.1 Å². The maximum Gasteiger partial charge on any atom is 0.412 e. The number of para-hydroxylation sites is 2. The molecule has 2 aliphatic heterocycles. The van der Waals surface area contributed by atoms with E-state index < -0.39 is 17.6 Å². The summed E-state index contributed by atoms with van der Waals surface area (Å²) in [5.41, 5.74) is 1.66. The lowest BCUT2D eigenvalue weighted by Gasteiger charge is -2.28. The Morgan fingerprint density at radius 1 is 0.935 bits per heavy atom. The molecule has 0 radical (unpaired) electrons. The molecule has 3 aromatic rings. The molecule has 13 heteroatoms. The van der Waals surface area contributed by atoms with Crippen LogP contribution >= 0.6 is 0 Å². The van der Waals surface area contributed by atoms with E-state index in [1.165, 1.54) is 0 Å². The Labute approximate surface area is 268 Å². The van der Waals surface area contributed by atoms with Crippen molar-refractivity contribution in [1.29, 1.82) is 0 Å². The number of urea groups is 1. The molecule has 2 aromatic carbocycles. The lowest BCUT2D eigenvalue weighted by atomic mass is 10.2. The molecular weight excluding hydrogens is 592 g/mol. The summed E-state index contributed by atoms with van der Waals surface area (Å²) in [6.07, 6.45) is 1.73. The number of carbonyl (C=O) groups excluding carboxylic acids is 3. The second kappa shape index (κ2) is 14.9. The van der Waals surface area contributed by atoms with Gasteiger partial charge in [0.2, 0.25) is 6.79 Å². The van der Waals surface area contributed by atoms with Gasteiger partial charge < -0.3 is 34.5 Å². The maximum absolute atomic E-state index is 13.4. The molecule has 5 rings (SSSR count). The molecule has 0 atom stereocenters. The number of nitrogens with zero attached hydrogens (tertiary/aromatic N) is 3. The second-order valence-corrected chi connectivity index (χ2v) is 11.9. The average Bonchev–Trinajstić information content (AvgIpc) is 3.49. The van der Waals surface area contributed by atoms with Crippen LogP contribution in [0.2, 0.25) is 0 Å². The SMILES string of the molecule is CC(C)(C)OC(=O)Nc1ccccc1NC(=O)c1ccc(CN(CCCN2CCOCC2)C(=O)Nc2ccc3c(c2)OCO3)cn1. The van der Waals surface area contributed by atoms with Gasteiger partial charge >= 0.3 is 12.1 Å². The van der Waals surface area contributed by atoms with Crippen molar-refractivity contribution in [3.63, 3.8) is 0 Å². The van der Waals surface area contributed by atoms with Crippen molar-refractivity contribution >= 4 is 35.1 Å². The molecule has 0 bridgehead atoms. The summed E-state index contributed by atoms with van der Waals surface area (Å²) in [6.45, 7) is 10.3. The van der Waals surface area contributed by atoms with Crippen molar-refractivity contribution in [3.05, 3.63) is 72.1 Å². The monoisotopic (exact) mass is 632 g/mol. The fraction of sp³-hybridized carbons (Fsp3) is 0.394. The summed E-state index contributed by atoms with van der Waals surface area (Å²) in [5, 5.41) is 8.43. The van der Waals surface area contributed by atoms with Crippen LogP contribution in [0, 0.1) is 0 Å². The first-order valence-electron chi connectivity index (χ1n) is 15.2. The number of pyridine rings is 1. The lowest BCUT2D eigenvalue weighted by Crippen LogP contribution is -2.40. The summed E-state index contributed by atoms with van der Waals surface area (Å²) < 4.78 is 21.6. The number of nitrogens with one attached hydrogen (secondary N) is 3. The number of anilines is 3. The molecule has 0 aliphatic carbocycles. The molecule has 0 saturated carbocycles. The highest BCUT2D eigenvalue weighted by molar-refractivity contribution is 6.05. The minimum Gasteiger partial charge on any atom is -0.454 e. The first-order chi connectivity index (χ1) is 22.1. The van der Waals surface area contributed by atoms with Gasteiger partial charge in [0, 0.05) is 50.7 Å². The zero-order valence-electron chi connectivity index (χ0n) is 26.3. The number of amides is 4. The number of morpholine rings is 1. The van der Waals surface area contributed by atoms with Crippen LogP contribution in [0.25, 0.3) is 0 Å². The van der Waals surface area contributed by atoms with Crippen LogP contribution in [-0.2, 0) is 16.0 Å². The van der Waals surface area contributed by atoms with Crippen LogP contribution in [0.15, 0.2) is 60.8 Å². The third kappa shape index (κ3) is 9.31. The second-order valence-electron chi connectivity index (χ2n) is 11.9. The van der Waals surface area contributed by atoms with E-state index in [2.05, 4.69) is 25.8 Å². The van der Waals surface area contributed by atoms with Gasteiger partial charge in [-0.25, -0.2) is 9.59 Å².